The average Bonchev–Trinajstić information content (AvgIpc) is 2.61. The predicted molar refractivity (Wildman–Crippen MR) is 88.4 cm³/mol. The van der Waals surface area contributed by atoms with Crippen LogP contribution >= 0.6 is 11.3 Å². The minimum absolute atomic E-state index is 0.555. The van der Waals surface area contributed by atoms with Gasteiger partial charge in [0.1, 0.15) is 0 Å². The van der Waals surface area contributed by atoms with E-state index in [1.54, 1.807) is 11.3 Å². The number of nitrogens with zero attached hydrogens (tertiary/aromatic N) is 1. The van der Waals surface area contributed by atoms with E-state index in [1.165, 1.54) is 36.8 Å². The molecule has 3 nitrogen and oxygen atoms in total. The Morgan fingerprint density at radius 3 is 2.95 bits per heavy atom. The molecule has 0 radical (unpaired) electrons. The van der Waals surface area contributed by atoms with Gasteiger partial charge in [-0.25, -0.2) is 4.98 Å². The maximum absolute atomic E-state index is 6.20. The molecule has 1 fully saturated rings. The SMILES string of the molecule is Cc1nc2cc(NC3CCCC(C)CC3)c(N)cc2s1. The molecule has 0 spiro atoms. The fraction of sp³-hybridized carbons (Fsp3) is 0.562. The third kappa shape index (κ3) is 2.90. The zero-order valence-electron chi connectivity index (χ0n) is 12.3. The highest BCUT2D eigenvalue weighted by Crippen LogP contribution is 2.32. The topological polar surface area (TPSA) is 50.9 Å². The molecule has 1 aliphatic rings. The summed E-state index contributed by atoms with van der Waals surface area (Å²) in [5, 5.41) is 4.75. The number of nitrogens with one attached hydrogen (secondary N) is 1. The molecule has 1 aromatic carbocycles. The molecular formula is C16H23N3S. The number of aryl methyl sites for hydroxylation is 1. The predicted octanol–water partition coefficient (Wildman–Crippen LogP) is 4.57. The number of benzene rings is 1. The monoisotopic (exact) mass is 289 g/mol. The molecular weight excluding hydrogens is 266 g/mol. The largest absolute Gasteiger partial charge is 0.397 e. The van der Waals surface area contributed by atoms with Crippen LogP contribution in [-0.2, 0) is 0 Å². The van der Waals surface area contributed by atoms with Crippen LogP contribution in [-0.4, -0.2) is 11.0 Å². The van der Waals surface area contributed by atoms with Crippen LogP contribution in [0.25, 0.3) is 10.2 Å². The molecule has 0 saturated heterocycles. The van der Waals surface area contributed by atoms with Crippen molar-refractivity contribution >= 4 is 32.9 Å². The summed E-state index contributed by atoms with van der Waals surface area (Å²) in [4.78, 5) is 4.56. The van der Waals surface area contributed by atoms with Crippen LogP contribution in [0.5, 0.6) is 0 Å². The maximum atomic E-state index is 6.20. The molecule has 1 aliphatic carbocycles. The van der Waals surface area contributed by atoms with Crippen LogP contribution in [0, 0.1) is 12.8 Å². The summed E-state index contributed by atoms with van der Waals surface area (Å²) in [6, 6.07) is 4.73. The van der Waals surface area contributed by atoms with Gasteiger partial charge in [0.25, 0.3) is 0 Å². The van der Waals surface area contributed by atoms with Crippen molar-refractivity contribution in [3.63, 3.8) is 0 Å². The first-order chi connectivity index (χ1) is 9.61. The zero-order valence-corrected chi connectivity index (χ0v) is 13.1. The fourth-order valence-corrected chi connectivity index (χ4v) is 3.94. The van der Waals surface area contributed by atoms with Gasteiger partial charge in [-0.2, -0.15) is 0 Å². The molecule has 1 heterocycles. The minimum Gasteiger partial charge on any atom is -0.397 e. The highest BCUT2D eigenvalue weighted by atomic mass is 32.1. The molecule has 4 heteroatoms. The molecule has 20 heavy (non-hydrogen) atoms. The van der Waals surface area contributed by atoms with E-state index < -0.39 is 0 Å². The lowest BCUT2D eigenvalue weighted by atomic mass is 10.0. The summed E-state index contributed by atoms with van der Waals surface area (Å²) < 4.78 is 1.18. The Kier molecular flexibility index (Phi) is 3.83. The van der Waals surface area contributed by atoms with Crippen molar-refractivity contribution in [2.24, 2.45) is 5.92 Å². The number of thiazole rings is 1. The van der Waals surface area contributed by atoms with Gasteiger partial charge in [0.05, 0.1) is 26.6 Å². The summed E-state index contributed by atoms with van der Waals surface area (Å²) in [6.45, 7) is 4.40. The van der Waals surface area contributed by atoms with E-state index in [1.807, 2.05) is 6.92 Å². The third-order valence-corrected chi connectivity index (χ3v) is 5.22. The van der Waals surface area contributed by atoms with Gasteiger partial charge in [-0.15, -0.1) is 11.3 Å². The lowest BCUT2D eigenvalue weighted by Crippen LogP contribution is -2.19. The maximum Gasteiger partial charge on any atom is 0.0907 e. The summed E-state index contributed by atoms with van der Waals surface area (Å²) in [5.74, 6) is 0.864. The second kappa shape index (κ2) is 5.60. The van der Waals surface area contributed by atoms with Crippen LogP contribution in [0.2, 0.25) is 0 Å². The van der Waals surface area contributed by atoms with Gasteiger partial charge in [-0.3, -0.25) is 0 Å². The second-order valence-corrected chi connectivity index (χ2v) is 7.33. The van der Waals surface area contributed by atoms with Crippen LogP contribution in [0.1, 0.15) is 44.0 Å². The van der Waals surface area contributed by atoms with Gasteiger partial charge in [0, 0.05) is 6.04 Å². The number of fused-ring (bicyclic) bond motifs is 1. The Hall–Kier alpha value is -1.29. The Balaban J connectivity index is 1.80. The van der Waals surface area contributed by atoms with Crippen molar-refractivity contribution in [2.45, 2.75) is 52.0 Å². The molecule has 0 amide bonds. The second-order valence-electron chi connectivity index (χ2n) is 6.09. The van der Waals surface area contributed by atoms with E-state index in [9.17, 15) is 0 Å². The lowest BCUT2D eigenvalue weighted by Gasteiger charge is -2.19. The van der Waals surface area contributed by atoms with E-state index >= 15 is 0 Å². The Morgan fingerprint density at radius 2 is 2.10 bits per heavy atom. The first kappa shape index (κ1) is 13.7. The molecule has 108 valence electrons. The van der Waals surface area contributed by atoms with Crippen LogP contribution < -0.4 is 11.1 Å². The molecule has 1 saturated carbocycles. The molecule has 3 rings (SSSR count). The molecule has 3 N–H and O–H groups in total. The number of hydrogen-bond acceptors (Lipinski definition) is 4. The van der Waals surface area contributed by atoms with Crippen LogP contribution in [0.3, 0.4) is 0 Å². The van der Waals surface area contributed by atoms with Crippen molar-refractivity contribution < 1.29 is 0 Å². The van der Waals surface area contributed by atoms with Crippen molar-refractivity contribution in [3.05, 3.63) is 17.1 Å². The number of aromatic nitrogens is 1. The van der Waals surface area contributed by atoms with Gasteiger partial charge in [-0.05, 0) is 44.2 Å². The molecule has 0 bridgehead atoms. The first-order valence-corrected chi connectivity index (χ1v) is 8.36. The standard InChI is InChI=1S/C16H23N3S/c1-10-4-3-5-12(7-6-10)19-14-9-15-16(8-13(14)17)20-11(2)18-15/h8-10,12,19H,3-7,17H2,1-2H3. The highest BCUT2D eigenvalue weighted by molar-refractivity contribution is 7.18. The third-order valence-electron chi connectivity index (χ3n) is 4.28. The van der Waals surface area contributed by atoms with Gasteiger partial charge in [0.2, 0.25) is 0 Å². The van der Waals surface area contributed by atoms with Crippen LogP contribution in [0.4, 0.5) is 11.4 Å². The number of hydrogen-bond donors (Lipinski definition) is 2. The van der Waals surface area contributed by atoms with E-state index in [2.05, 4.69) is 29.4 Å². The van der Waals surface area contributed by atoms with Crippen molar-refractivity contribution in [1.82, 2.24) is 4.98 Å². The molecule has 2 aromatic rings. The molecule has 0 aliphatic heterocycles. The van der Waals surface area contributed by atoms with Crippen LogP contribution in [0.15, 0.2) is 12.1 Å². The van der Waals surface area contributed by atoms with E-state index in [4.69, 9.17) is 5.73 Å². The summed E-state index contributed by atoms with van der Waals surface area (Å²) >= 11 is 1.71. The molecule has 2 atom stereocenters. The van der Waals surface area contributed by atoms with E-state index in [0.717, 1.165) is 27.8 Å². The van der Waals surface area contributed by atoms with E-state index in [0.29, 0.717) is 6.04 Å². The Bertz CT molecular complexity index is 605. The van der Waals surface area contributed by atoms with Crippen molar-refractivity contribution in [3.8, 4) is 0 Å². The van der Waals surface area contributed by atoms with E-state index in [-0.39, 0.29) is 0 Å². The van der Waals surface area contributed by atoms with Crippen molar-refractivity contribution in [1.29, 1.82) is 0 Å². The normalized spacial score (nSPS) is 23.7. The molecule has 2 unspecified atom stereocenters. The number of rotatable bonds is 2. The Labute approximate surface area is 124 Å². The van der Waals surface area contributed by atoms with Crippen molar-refractivity contribution in [2.75, 3.05) is 11.1 Å². The lowest BCUT2D eigenvalue weighted by molar-refractivity contribution is 0.502. The number of anilines is 2. The summed E-state index contributed by atoms with van der Waals surface area (Å²) in [6.07, 6.45) is 6.48. The minimum atomic E-state index is 0.555. The van der Waals surface area contributed by atoms with Gasteiger partial charge in [-0.1, -0.05) is 19.8 Å². The first-order valence-electron chi connectivity index (χ1n) is 7.55. The highest BCUT2D eigenvalue weighted by Gasteiger charge is 2.17. The summed E-state index contributed by atoms with van der Waals surface area (Å²) in [7, 11) is 0. The zero-order chi connectivity index (χ0) is 14.1. The molecule has 1 aromatic heterocycles. The average molecular weight is 289 g/mol. The van der Waals surface area contributed by atoms with Gasteiger partial charge < -0.3 is 11.1 Å². The Morgan fingerprint density at radius 1 is 1.25 bits per heavy atom. The number of nitrogens with two attached hydrogens (primary N) is 1. The van der Waals surface area contributed by atoms with Gasteiger partial charge >= 0.3 is 0 Å². The van der Waals surface area contributed by atoms with Gasteiger partial charge in [0.15, 0.2) is 0 Å². The summed E-state index contributed by atoms with van der Waals surface area (Å²) in [5.41, 5.74) is 9.16. The smallest absolute Gasteiger partial charge is 0.0907 e. The quantitative estimate of drug-likeness (QED) is 0.629. The fourth-order valence-electron chi connectivity index (χ4n) is 3.08. The number of nitrogen functional groups attached to an aromatic ring is 1.